The summed E-state index contributed by atoms with van der Waals surface area (Å²) in [6.07, 6.45) is 3.66. The minimum atomic E-state index is -0.511. The summed E-state index contributed by atoms with van der Waals surface area (Å²) in [5.41, 5.74) is 13.2. The average molecular weight is 663 g/mol. The van der Waals surface area contributed by atoms with Gasteiger partial charge in [0.1, 0.15) is 0 Å². The Balaban J connectivity index is 1.24. The van der Waals surface area contributed by atoms with Gasteiger partial charge in [0, 0.05) is 23.5 Å². The van der Waals surface area contributed by atoms with Gasteiger partial charge in [0.05, 0.1) is 22.6 Å². The molecular formula is C46H39BN2O2. The van der Waals surface area contributed by atoms with Crippen LogP contribution in [0.2, 0.25) is 0 Å². The van der Waals surface area contributed by atoms with Gasteiger partial charge in [-0.15, -0.1) is 0 Å². The fourth-order valence-corrected chi connectivity index (χ4v) is 6.76. The van der Waals surface area contributed by atoms with Crippen LogP contribution in [-0.2, 0) is 9.31 Å². The molecule has 1 saturated heterocycles. The van der Waals surface area contributed by atoms with Crippen molar-refractivity contribution in [2.75, 3.05) is 0 Å². The number of hydrogen-bond acceptors (Lipinski definition) is 4. The van der Waals surface area contributed by atoms with E-state index >= 15 is 0 Å². The lowest BCUT2D eigenvalue weighted by atomic mass is 9.75. The molecule has 1 aliphatic heterocycles. The fourth-order valence-electron chi connectivity index (χ4n) is 6.76. The molecule has 0 bridgehead atoms. The Morgan fingerprint density at radius 2 is 0.745 bits per heavy atom. The van der Waals surface area contributed by atoms with E-state index in [1.54, 1.807) is 0 Å². The number of rotatable bonds is 7. The van der Waals surface area contributed by atoms with Gasteiger partial charge in [-0.2, -0.15) is 0 Å². The van der Waals surface area contributed by atoms with Crippen LogP contribution in [0.3, 0.4) is 0 Å². The third kappa shape index (κ3) is 6.43. The number of benzene rings is 5. The zero-order valence-corrected chi connectivity index (χ0v) is 29.4. The van der Waals surface area contributed by atoms with E-state index in [1.807, 2.05) is 48.8 Å². The lowest BCUT2D eigenvalue weighted by Gasteiger charge is -2.32. The van der Waals surface area contributed by atoms with E-state index in [4.69, 9.17) is 9.31 Å². The molecule has 248 valence electrons. The first-order valence-corrected chi connectivity index (χ1v) is 17.5. The zero-order chi connectivity index (χ0) is 35.0. The summed E-state index contributed by atoms with van der Waals surface area (Å²) in [6.45, 7) is 8.41. The number of aromatic nitrogens is 2. The van der Waals surface area contributed by atoms with E-state index < -0.39 is 18.3 Å². The highest BCUT2D eigenvalue weighted by molar-refractivity contribution is 6.62. The molecule has 5 heteroatoms. The van der Waals surface area contributed by atoms with Crippen molar-refractivity contribution in [1.29, 1.82) is 0 Å². The van der Waals surface area contributed by atoms with Gasteiger partial charge in [-0.1, -0.05) is 121 Å². The number of hydrogen-bond donors (Lipinski definition) is 0. The molecule has 1 aliphatic rings. The topological polar surface area (TPSA) is 44.2 Å². The van der Waals surface area contributed by atoms with Crippen molar-refractivity contribution in [2.45, 2.75) is 38.9 Å². The summed E-state index contributed by atoms with van der Waals surface area (Å²) in [5, 5.41) is 0. The first-order chi connectivity index (χ1) is 24.8. The quantitative estimate of drug-likeness (QED) is 0.159. The van der Waals surface area contributed by atoms with Gasteiger partial charge >= 0.3 is 7.12 Å². The highest BCUT2D eigenvalue weighted by Crippen LogP contribution is 2.40. The Morgan fingerprint density at radius 3 is 1.12 bits per heavy atom. The van der Waals surface area contributed by atoms with E-state index in [9.17, 15) is 0 Å². The van der Waals surface area contributed by atoms with Crippen LogP contribution < -0.4 is 5.46 Å². The van der Waals surface area contributed by atoms with Crippen molar-refractivity contribution in [1.82, 2.24) is 9.97 Å². The second-order valence-corrected chi connectivity index (χ2v) is 14.1. The number of nitrogens with zero attached hydrogens (tertiary/aromatic N) is 2. The second kappa shape index (κ2) is 13.3. The van der Waals surface area contributed by atoms with Crippen molar-refractivity contribution < 1.29 is 9.31 Å². The van der Waals surface area contributed by atoms with Gasteiger partial charge in [-0.05, 0) is 108 Å². The minimum absolute atomic E-state index is 0.464. The maximum atomic E-state index is 6.64. The van der Waals surface area contributed by atoms with E-state index in [0.717, 1.165) is 72.5 Å². The monoisotopic (exact) mass is 662 g/mol. The first-order valence-electron chi connectivity index (χ1n) is 17.5. The van der Waals surface area contributed by atoms with Crippen LogP contribution in [0, 0.1) is 0 Å². The molecule has 0 radical (unpaired) electrons. The SMILES string of the molecule is CC1(C)OB(c2cc(-c3ccccc3-c3ccc(-c4ccccn4)cc3)cc(-c3ccccc3-c3ccc(-c4ccccn4)cc3)c2)OC1(C)C. The van der Waals surface area contributed by atoms with Crippen LogP contribution >= 0.6 is 0 Å². The van der Waals surface area contributed by atoms with Crippen LogP contribution in [0.15, 0.2) is 164 Å². The largest absolute Gasteiger partial charge is 0.494 e. The lowest BCUT2D eigenvalue weighted by molar-refractivity contribution is 0.00578. The molecule has 0 spiro atoms. The van der Waals surface area contributed by atoms with Crippen molar-refractivity contribution in [3.8, 4) is 67.0 Å². The molecule has 0 atom stereocenters. The molecule has 5 aromatic carbocycles. The molecule has 51 heavy (non-hydrogen) atoms. The standard InChI is InChI=1S/C46H39BN2O2/c1-45(2)46(3,4)51-47(50-45)38-30-36(41-15-7-5-13-39(41)32-19-23-34(24-20-32)43-17-9-11-27-48-43)29-37(31-38)42-16-8-6-14-40(42)33-21-25-35(26-22-33)44-18-10-12-28-49-44/h5-31H,1-4H3. The van der Waals surface area contributed by atoms with Gasteiger partial charge in [-0.3, -0.25) is 9.97 Å². The van der Waals surface area contributed by atoms with E-state index in [-0.39, 0.29) is 0 Å². The van der Waals surface area contributed by atoms with E-state index in [2.05, 4.69) is 153 Å². The first kappa shape index (κ1) is 32.6. The average Bonchev–Trinajstić information content (AvgIpc) is 3.41. The highest BCUT2D eigenvalue weighted by Gasteiger charge is 2.51. The molecule has 0 N–H and O–H groups in total. The molecule has 3 heterocycles. The highest BCUT2D eigenvalue weighted by atomic mass is 16.7. The van der Waals surface area contributed by atoms with Crippen LogP contribution in [0.4, 0.5) is 0 Å². The van der Waals surface area contributed by atoms with Crippen molar-refractivity contribution >= 4 is 12.6 Å². The molecule has 0 unspecified atom stereocenters. The summed E-state index contributed by atoms with van der Waals surface area (Å²) in [5.74, 6) is 0. The van der Waals surface area contributed by atoms with Crippen LogP contribution in [0.5, 0.6) is 0 Å². The summed E-state index contributed by atoms with van der Waals surface area (Å²) in [7, 11) is -0.511. The van der Waals surface area contributed by atoms with Crippen LogP contribution in [0.25, 0.3) is 67.0 Å². The predicted molar refractivity (Wildman–Crippen MR) is 210 cm³/mol. The van der Waals surface area contributed by atoms with E-state index in [0.29, 0.717) is 0 Å². The normalized spacial score (nSPS) is 14.8. The second-order valence-electron chi connectivity index (χ2n) is 14.1. The van der Waals surface area contributed by atoms with Gasteiger partial charge in [0.15, 0.2) is 0 Å². The molecule has 7 aromatic rings. The van der Waals surface area contributed by atoms with Crippen molar-refractivity contribution in [3.63, 3.8) is 0 Å². The van der Waals surface area contributed by atoms with Crippen molar-refractivity contribution in [2.24, 2.45) is 0 Å². The Bertz CT molecular complexity index is 2140. The molecule has 0 saturated carbocycles. The van der Waals surface area contributed by atoms with Crippen molar-refractivity contribution in [3.05, 3.63) is 164 Å². The Kier molecular flexibility index (Phi) is 8.47. The smallest absolute Gasteiger partial charge is 0.399 e. The third-order valence-electron chi connectivity index (χ3n) is 10.3. The predicted octanol–water partition coefficient (Wildman–Crippen LogP) is 10.8. The lowest BCUT2D eigenvalue weighted by Crippen LogP contribution is -2.41. The molecule has 4 nitrogen and oxygen atoms in total. The zero-order valence-electron chi connectivity index (χ0n) is 29.4. The Labute approximate surface area is 301 Å². The fraction of sp³-hybridized carbons (Fsp3) is 0.130. The van der Waals surface area contributed by atoms with E-state index in [1.165, 1.54) is 0 Å². The molecule has 1 fully saturated rings. The molecular weight excluding hydrogens is 623 g/mol. The van der Waals surface area contributed by atoms with Gasteiger partial charge in [-0.25, -0.2) is 0 Å². The molecule has 0 aliphatic carbocycles. The Morgan fingerprint density at radius 1 is 0.392 bits per heavy atom. The van der Waals surface area contributed by atoms with Gasteiger partial charge < -0.3 is 9.31 Å². The molecule has 8 rings (SSSR count). The van der Waals surface area contributed by atoms with Crippen LogP contribution in [-0.4, -0.2) is 28.3 Å². The minimum Gasteiger partial charge on any atom is -0.399 e. The Hall–Kier alpha value is -5.62. The number of pyridine rings is 2. The summed E-state index contributed by atoms with van der Waals surface area (Å²) < 4.78 is 13.3. The van der Waals surface area contributed by atoms with Gasteiger partial charge in [0.2, 0.25) is 0 Å². The maximum absolute atomic E-state index is 6.64. The third-order valence-corrected chi connectivity index (χ3v) is 10.3. The molecule has 2 aromatic heterocycles. The van der Waals surface area contributed by atoms with Gasteiger partial charge in [0.25, 0.3) is 0 Å². The molecule has 0 amide bonds. The summed E-state index contributed by atoms with van der Waals surface area (Å²) in [4.78, 5) is 9.09. The maximum Gasteiger partial charge on any atom is 0.494 e. The summed E-state index contributed by atoms with van der Waals surface area (Å²) >= 11 is 0. The van der Waals surface area contributed by atoms with Crippen LogP contribution in [0.1, 0.15) is 27.7 Å². The summed E-state index contributed by atoms with van der Waals surface area (Å²) in [6, 6.07) is 53.4.